The van der Waals surface area contributed by atoms with Crippen LogP contribution in [0.2, 0.25) is 0 Å². The number of rotatable bonds is 1. The molecule has 1 aliphatic rings. The van der Waals surface area contributed by atoms with Crippen LogP contribution in [-0.4, -0.2) is 11.8 Å². The summed E-state index contributed by atoms with van der Waals surface area (Å²) in [7, 11) is 0. The molecule has 0 aromatic carbocycles. The minimum Gasteiger partial charge on any atom is -0.296 e. The van der Waals surface area contributed by atoms with E-state index in [2.05, 4.69) is 11.2 Å². The number of terminal acetylenes is 1. The summed E-state index contributed by atoms with van der Waals surface area (Å²) in [5.74, 6) is 1.62. The summed E-state index contributed by atoms with van der Waals surface area (Å²) >= 11 is 0. The van der Waals surface area contributed by atoms with Crippen molar-refractivity contribution in [2.24, 2.45) is 5.92 Å². The zero-order chi connectivity index (χ0) is 7.56. The molecule has 0 aromatic rings. The van der Waals surface area contributed by atoms with E-state index in [-0.39, 0.29) is 24.2 Å². The molecule has 1 rings (SSSR count). The van der Waals surface area contributed by atoms with E-state index < -0.39 is 0 Å². The van der Waals surface area contributed by atoms with Crippen LogP contribution < -0.4 is 5.32 Å². The predicted molar refractivity (Wildman–Crippen MR) is 34.7 cm³/mol. The lowest BCUT2D eigenvalue weighted by atomic mass is 10.1. The topological polar surface area (TPSA) is 46.2 Å². The Labute approximate surface area is 58.8 Å². The minimum absolute atomic E-state index is 0.217. The molecule has 1 fully saturated rings. The van der Waals surface area contributed by atoms with Gasteiger partial charge in [0.15, 0.2) is 0 Å². The number of hydrogen-bond donors (Lipinski definition) is 1. The Kier molecular flexibility index (Phi) is 1.72. The molecular formula is C7H7NO2. The number of nitrogens with one attached hydrogen (secondary N) is 1. The van der Waals surface area contributed by atoms with E-state index in [1.165, 1.54) is 0 Å². The number of carbonyl (C=O) groups excluding carboxylic acids is 2. The fraction of sp³-hybridized carbons (Fsp3) is 0.429. The van der Waals surface area contributed by atoms with Crippen LogP contribution in [0.5, 0.6) is 0 Å². The Balaban J connectivity index is 2.56. The van der Waals surface area contributed by atoms with Gasteiger partial charge in [0.25, 0.3) is 0 Å². The summed E-state index contributed by atoms with van der Waals surface area (Å²) in [5, 5.41) is 2.18. The van der Waals surface area contributed by atoms with Crippen LogP contribution in [0.15, 0.2) is 0 Å². The first-order valence-electron chi connectivity index (χ1n) is 3.01. The first-order valence-corrected chi connectivity index (χ1v) is 3.01. The lowest BCUT2D eigenvalue weighted by molar-refractivity contribution is -0.125. The molecule has 0 bridgehead atoms. The summed E-state index contributed by atoms with van der Waals surface area (Å²) in [4.78, 5) is 21.3. The molecular weight excluding hydrogens is 130 g/mol. The van der Waals surface area contributed by atoms with Gasteiger partial charge in [-0.05, 0) is 0 Å². The van der Waals surface area contributed by atoms with E-state index in [0.29, 0.717) is 6.42 Å². The Morgan fingerprint density at radius 3 is 2.80 bits per heavy atom. The second kappa shape index (κ2) is 2.53. The Hall–Kier alpha value is -1.30. The van der Waals surface area contributed by atoms with Crippen LogP contribution in [0.4, 0.5) is 0 Å². The molecule has 1 atom stereocenters. The van der Waals surface area contributed by atoms with Gasteiger partial charge in [-0.2, -0.15) is 0 Å². The summed E-state index contributed by atoms with van der Waals surface area (Å²) in [6.07, 6.45) is 5.59. The second-order valence-corrected chi connectivity index (χ2v) is 2.22. The molecule has 3 heteroatoms. The van der Waals surface area contributed by atoms with Gasteiger partial charge in [0.2, 0.25) is 11.8 Å². The van der Waals surface area contributed by atoms with Gasteiger partial charge in [0.1, 0.15) is 0 Å². The highest BCUT2D eigenvalue weighted by molar-refractivity contribution is 6.03. The molecule has 0 aliphatic carbocycles. The maximum atomic E-state index is 10.7. The molecule has 0 radical (unpaired) electrons. The maximum Gasteiger partial charge on any atom is 0.231 e. The van der Waals surface area contributed by atoms with Crippen LogP contribution in [0.3, 0.4) is 0 Å². The van der Waals surface area contributed by atoms with Crippen molar-refractivity contribution < 1.29 is 9.59 Å². The third-order valence-corrected chi connectivity index (χ3v) is 1.43. The van der Waals surface area contributed by atoms with Crippen LogP contribution in [0.25, 0.3) is 0 Å². The van der Waals surface area contributed by atoms with Crippen molar-refractivity contribution >= 4 is 11.8 Å². The fourth-order valence-corrected chi connectivity index (χ4v) is 0.914. The molecule has 1 unspecified atom stereocenters. The number of carbonyl (C=O) groups is 2. The van der Waals surface area contributed by atoms with Gasteiger partial charge in [-0.3, -0.25) is 14.9 Å². The predicted octanol–water partition coefficient (Wildman–Crippen LogP) is -0.328. The Bertz CT molecular complexity index is 214. The van der Waals surface area contributed by atoms with Gasteiger partial charge in [0, 0.05) is 12.8 Å². The van der Waals surface area contributed by atoms with Gasteiger partial charge in [-0.1, -0.05) is 0 Å². The smallest absolute Gasteiger partial charge is 0.231 e. The highest BCUT2D eigenvalue weighted by Crippen LogP contribution is 2.13. The third kappa shape index (κ3) is 1.16. The zero-order valence-electron chi connectivity index (χ0n) is 5.39. The van der Waals surface area contributed by atoms with E-state index >= 15 is 0 Å². The quantitative estimate of drug-likeness (QED) is 0.397. The van der Waals surface area contributed by atoms with Crippen molar-refractivity contribution in [3.8, 4) is 12.3 Å². The highest BCUT2D eigenvalue weighted by atomic mass is 16.2. The Morgan fingerprint density at radius 1 is 1.70 bits per heavy atom. The monoisotopic (exact) mass is 137 g/mol. The first-order chi connectivity index (χ1) is 4.74. The van der Waals surface area contributed by atoms with Crippen LogP contribution >= 0.6 is 0 Å². The van der Waals surface area contributed by atoms with E-state index in [1.54, 1.807) is 0 Å². The van der Waals surface area contributed by atoms with Gasteiger partial charge in [-0.25, -0.2) is 0 Å². The second-order valence-electron chi connectivity index (χ2n) is 2.22. The van der Waals surface area contributed by atoms with Crippen molar-refractivity contribution in [2.75, 3.05) is 0 Å². The van der Waals surface area contributed by atoms with E-state index in [4.69, 9.17) is 6.42 Å². The van der Waals surface area contributed by atoms with Gasteiger partial charge >= 0.3 is 0 Å². The van der Waals surface area contributed by atoms with Crippen molar-refractivity contribution in [1.82, 2.24) is 5.32 Å². The molecule has 0 spiro atoms. The average molecular weight is 137 g/mol. The summed E-state index contributed by atoms with van der Waals surface area (Å²) in [5.41, 5.74) is 0. The molecule has 1 N–H and O–H groups in total. The summed E-state index contributed by atoms with van der Waals surface area (Å²) < 4.78 is 0. The molecule has 10 heavy (non-hydrogen) atoms. The Morgan fingerprint density at radius 2 is 2.40 bits per heavy atom. The summed E-state index contributed by atoms with van der Waals surface area (Å²) in [6.45, 7) is 0. The maximum absolute atomic E-state index is 10.7. The van der Waals surface area contributed by atoms with Gasteiger partial charge in [-0.15, -0.1) is 12.3 Å². The molecule has 1 saturated heterocycles. The van der Waals surface area contributed by atoms with Crippen LogP contribution in [-0.2, 0) is 9.59 Å². The van der Waals surface area contributed by atoms with Gasteiger partial charge < -0.3 is 0 Å². The van der Waals surface area contributed by atoms with E-state index in [0.717, 1.165) is 0 Å². The number of hydrogen-bond acceptors (Lipinski definition) is 2. The number of imide groups is 1. The molecule has 1 aliphatic heterocycles. The van der Waals surface area contributed by atoms with Crippen LogP contribution in [0.1, 0.15) is 12.8 Å². The lowest BCUT2D eigenvalue weighted by Gasteiger charge is -1.95. The normalized spacial score (nSPS) is 24.1. The molecule has 3 nitrogen and oxygen atoms in total. The molecule has 2 amide bonds. The number of amides is 2. The zero-order valence-corrected chi connectivity index (χ0v) is 5.39. The minimum atomic E-state index is -0.280. The fourth-order valence-electron chi connectivity index (χ4n) is 0.914. The molecule has 0 saturated carbocycles. The van der Waals surface area contributed by atoms with E-state index in [9.17, 15) is 9.59 Å². The molecule has 0 aromatic heterocycles. The van der Waals surface area contributed by atoms with Crippen molar-refractivity contribution in [3.63, 3.8) is 0 Å². The molecule has 1 heterocycles. The van der Waals surface area contributed by atoms with Crippen LogP contribution in [0, 0.1) is 18.3 Å². The highest BCUT2D eigenvalue weighted by Gasteiger charge is 2.29. The lowest BCUT2D eigenvalue weighted by Crippen LogP contribution is -2.21. The largest absolute Gasteiger partial charge is 0.296 e. The van der Waals surface area contributed by atoms with Gasteiger partial charge in [0.05, 0.1) is 5.92 Å². The summed E-state index contributed by atoms with van der Waals surface area (Å²) in [6, 6.07) is 0. The third-order valence-electron chi connectivity index (χ3n) is 1.43. The van der Waals surface area contributed by atoms with E-state index in [1.807, 2.05) is 0 Å². The van der Waals surface area contributed by atoms with Crippen molar-refractivity contribution in [3.05, 3.63) is 0 Å². The SMILES string of the molecule is C#CCC1CC(=O)NC1=O. The van der Waals surface area contributed by atoms with Crippen molar-refractivity contribution in [1.29, 1.82) is 0 Å². The van der Waals surface area contributed by atoms with Crippen molar-refractivity contribution in [2.45, 2.75) is 12.8 Å². The molecule has 52 valence electrons. The standard InChI is InChI=1S/C7H7NO2/c1-2-3-5-4-6(9)8-7(5)10/h1,5H,3-4H2,(H,8,9,10). The first kappa shape index (κ1) is 6.81. The average Bonchev–Trinajstić information content (AvgIpc) is 2.13.